The molecule has 0 spiro atoms. The van der Waals surface area contributed by atoms with Crippen molar-refractivity contribution in [2.75, 3.05) is 38.0 Å². The number of piperidine rings is 2. The van der Waals surface area contributed by atoms with Gasteiger partial charge in [-0.05, 0) is 102 Å². The van der Waals surface area contributed by atoms with Crippen LogP contribution in [0.3, 0.4) is 0 Å². The second-order valence-electron chi connectivity index (χ2n) is 11.1. The Kier molecular flexibility index (Phi) is 9.12. The molecule has 2 aliphatic rings. The molecule has 0 saturated carbocycles. The molecule has 34 heavy (non-hydrogen) atoms. The molecule has 2 atom stereocenters. The van der Waals surface area contributed by atoms with Crippen LogP contribution in [0, 0.1) is 5.92 Å². The van der Waals surface area contributed by atoms with Crippen LogP contribution >= 0.6 is 0 Å². The minimum Gasteiger partial charge on any atom is -0.508 e. The molecule has 3 heterocycles. The van der Waals surface area contributed by atoms with Gasteiger partial charge in [0, 0.05) is 30.6 Å². The van der Waals surface area contributed by atoms with Gasteiger partial charge in [-0.2, -0.15) is 5.10 Å². The Hall–Kier alpha value is -1.79. The number of benzene rings is 1. The van der Waals surface area contributed by atoms with E-state index in [1.165, 1.54) is 71.1 Å². The first-order valence-electron chi connectivity index (χ1n) is 13.9. The number of nitrogens with one attached hydrogen (secondary N) is 1. The van der Waals surface area contributed by atoms with Gasteiger partial charge in [0.25, 0.3) is 0 Å². The van der Waals surface area contributed by atoms with Crippen molar-refractivity contribution in [3.63, 3.8) is 0 Å². The zero-order chi connectivity index (χ0) is 23.9. The number of phenols is 1. The molecule has 1 aromatic carbocycles. The Morgan fingerprint density at radius 3 is 2.26 bits per heavy atom. The van der Waals surface area contributed by atoms with Gasteiger partial charge >= 0.3 is 0 Å². The molecule has 2 saturated heterocycles. The van der Waals surface area contributed by atoms with Gasteiger partial charge in [0.05, 0.1) is 5.52 Å². The summed E-state index contributed by atoms with van der Waals surface area (Å²) in [5, 5.41) is 19.8. The van der Waals surface area contributed by atoms with Crippen LogP contribution in [-0.4, -0.2) is 69.5 Å². The molecule has 2 aromatic rings. The van der Waals surface area contributed by atoms with Crippen LogP contribution in [0.4, 0.5) is 5.82 Å². The predicted molar refractivity (Wildman–Crippen MR) is 143 cm³/mol. The van der Waals surface area contributed by atoms with Gasteiger partial charge in [-0.25, -0.2) is 0 Å². The first-order valence-corrected chi connectivity index (χ1v) is 13.9. The summed E-state index contributed by atoms with van der Waals surface area (Å²) in [7, 11) is 0. The van der Waals surface area contributed by atoms with E-state index in [0.717, 1.165) is 42.7 Å². The highest BCUT2D eigenvalue weighted by Gasteiger charge is 2.22. The van der Waals surface area contributed by atoms with Gasteiger partial charge < -0.3 is 20.2 Å². The quantitative estimate of drug-likeness (QED) is 0.441. The lowest BCUT2D eigenvalue weighted by Crippen LogP contribution is -2.41. The van der Waals surface area contributed by atoms with Crippen molar-refractivity contribution >= 4 is 16.7 Å². The molecule has 0 amide bonds. The molecule has 0 aliphatic carbocycles. The van der Waals surface area contributed by atoms with Crippen LogP contribution in [0.25, 0.3) is 10.9 Å². The molecular formula is C28H47N5O. The molecule has 2 N–H and O–H groups in total. The lowest BCUT2D eigenvalue weighted by atomic mass is 9.97. The third-order valence-electron chi connectivity index (χ3n) is 7.93. The number of nitrogens with zero attached hydrogens (tertiary/aromatic N) is 4. The summed E-state index contributed by atoms with van der Waals surface area (Å²) in [4.78, 5) is 5.35. The smallest absolute Gasteiger partial charge is 0.156 e. The summed E-state index contributed by atoms with van der Waals surface area (Å²) in [6.07, 6.45) is 11.6. The Balaban J connectivity index is 1.40. The van der Waals surface area contributed by atoms with E-state index in [2.05, 4.69) is 40.6 Å². The predicted octanol–water partition coefficient (Wildman–Crippen LogP) is 5.71. The van der Waals surface area contributed by atoms with Gasteiger partial charge in [-0.1, -0.05) is 26.7 Å². The average molecular weight is 470 g/mol. The van der Waals surface area contributed by atoms with Gasteiger partial charge in [0.1, 0.15) is 5.75 Å². The third-order valence-corrected chi connectivity index (χ3v) is 7.93. The molecule has 0 radical (unpaired) electrons. The fourth-order valence-corrected chi connectivity index (χ4v) is 5.95. The maximum absolute atomic E-state index is 10.2. The number of aromatic hydroxyl groups is 1. The number of hydrogen-bond donors (Lipinski definition) is 2. The topological polar surface area (TPSA) is 56.6 Å². The number of anilines is 1. The highest BCUT2D eigenvalue weighted by Crippen LogP contribution is 2.28. The van der Waals surface area contributed by atoms with Crippen molar-refractivity contribution < 1.29 is 5.11 Å². The minimum atomic E-state index is 0.308. The zero-order valence-corrected chi connectivity index (χ0v) is 21.8. The van der Waals surface area contributed by atoms with E-state index in [9.17, 15) is 5.11 Å². The van der Waals surface area contributed by atoms with Crippen molar-refractivity contribution in [2.45, 2.75) is 97.2 Å². The molecule has 1 aromatic heterocycles. The first kappa shape index (κ1) is 25.3. The number of phenolic OH excluding ortho intramolecular Hbond substituents is 1. The third kappa shape index (κ3) is 6.66. The van der Waals surface area contributed by atoms with E-state index >= 15 is 0 Å². The number of aromatic nitrogens is 2. The average Bonchev–Trinajstić information content (AvgIpc) is 3.19. The monoisotopic (exact) mass is 469 g/mol. The fourth-order valence-electron chi connectivity index (χ4n) is 5.95. The number of rotatable bonds is 11. The molecule has 2 fully saturated rings. The Labute approximate surface area is 206 Å². The summed E-state index contributed by atoms with van der Waals surface area (Å²) in [6, 6.07) is 6.89. The number of aryl methyl sites for hydroxylation is 1. The minimum absolute atomic E-state index is 0.308. The Morgan fingerprint density at radius 1 is 0.912 bits per heavy atom. The van der Waals surface area contributed by atoms with Crippen LogP contribution in [0.15, 0.2) is 18.2 Å². The summed E-state index contributed by atoms with van der Waals surface area (Å²) in [5.74, 6) is 1.94. The summed E-state index contributed by atoms with van der Waals surface area (Å²) in [6.45, 7) is 13.8. The highest BCUT2D eigenvalue weighted by molar-refractivity contribution is 5.91. The lowest BCUT2D eigenvalue weighted by molar-refractivity contribution is 0.139. The van der Waals surface area contributed by atoms with Gasteiger partial charge in [0.15, 0.2) is 5.82 Å². The van der Waals surface area contributed by atoms with Gasteiger partial charge in [-0.3, -0.25) is 4.68 Å². The normalized spacial score (nSPS) is 20.1. The van der Waals surface area contributed by atoms with E-state index in [-0.39, 0.29) is 0 Å². The number of fused-ring (bicyclic) bond motifs is 1. The molecule has 4 rings (SSSR count). The fraction of sp³-hybridized carbons (Fsp3) is 0.750. The SMILES string of the molecule is CC(C)CC(CCNc1nn(CCC(C)N2CCCCC2)c2ccc(O)cc12)N1CCCCC1. The van der Waals surface area contributed by atoms with Crippen LogP contribution < -0.4 is 5.32 Å². The van der Waals surface area contributed by atoms with E-state index in [4.69, 9.17) is 5.10 Å². The molecule has 6 heteroatoms. The first-order chi connectivity index (χ1) is 16.5. The summed E-state index contributed by atoms with van der Waals surface area (Å²) >= 11 is 0. The highest BCUT2D eigenvalue weighted by atomic mass is 16.3. The van der Waals surface area contributed by atoms with Crippen molar-refractivity contribution in [1.82, 2.24) is 19.6 Å². The molecule has 0 bridgehead atoms. The zero-order valence-electron chi connectivity index (χ0n) is 21.8. The van der Waals surface area contributed by atoms with Crippen LogP contribution in [0.1, 0.15) is 78.6 Å². The van der Waals surface area contributed by atoms with Crippen LogP contribution in [-0.2, 0) is 6.54 Å². The largest absolute Gasteiger partial charge is 0.508 e. The molecule has 2 aliphatic heterocycles. The van der Waals surface area contributed by atoms with Gasteiger partial charge in [0.2, 0.25) is 0 Å². The van der Waals surface area contributed by atoms with E-state index in [1.54, 1.807) is 6.07 Å². The molecule has 2 unspecified atom stereocenters. The second kappa shape index (κ2) is 12.3. The lowest BCUT2D eigenvalue weighted by Gasteiger charge is -2.35. The van der Waals surface area contributed by atoms with E-state index < -0.39 is 0 Å². The summed E-state index contributed by atoms with van der Waals surface area (Å²) < 4.78 is 2.15. The maximum atomic E-state index is 10.2. The van der Waals surface area contributed by atoms with Crippen molar-refractivity contribution in [1.29, 1.82) is 0 Å². The Morgan fingerprint density at radius 2 is 1.59 bits per heavy atom. The van der Waals surface area contributed by atoms with Crippen molar-refractivity contribution in [2.24, 2.45) is 5.92 Å². The molecule has 190 valence electrons. The van der Waals surface area contributed by atoms with Crippen LogP contribution in [0.5, 0.6) is 5.75 Å². The molecular weight excluding hydrogens is 422 g/mol. The van der Waals surface area contributed by atoms with Crippen molar-refractivity contribution in [3.05, 3.63) is 18.2 Å². The Bertz CT molecular complexity index is 882. The van der Waals surface area contributed by atoms with E-state index in [1.807, 2.05) is 12.1 Å². The van der Waals surface area contributed by atoms with Crippen LogP contribution in [0.2, 0.25) is 0 Å². The second-order valence-corrected chi connectivity index (χ2v) is 11.1. The number of likely N-dealkylation sites (tertiary alicyclic amines) is 2. The van der Waals surface area contributed by atoms with Crippen molar-refractivity contribution in [3.8, 4) is 5.75 Å². The van der Waals surface area contributed by atoms with E-state index in [0.29, 0.717) is 23.8 Å². The maximum Gasteiger partial charge on any atom is 0.156 e. The summed E-state index contributed by atoms with van der Waals surface area (Å²) in [5.41, 5.74) is 1.11. The standard InChI is InChI=1S/C28H47N5O/c1-22(2)20-24(32-17-8-5-9-18-32)12-14-29-28-26-21-25(34)10-11-27(26)33(30-28)19-13-23(3)31-15-6-4-7-16-31/h10-11,21-24,34H,4-9,12-20H2,1-3H3,(H,29,30). The molecule has 6 nitrogen and oxygen atoms in total. The van der Waals surface area contributed by atoms with Gasteiger partial charge in [-0.15, -0.1) is 0 Å². The number of hydrogen-bond acceptors (Lipinski definition) is 5.